The monoisotopic (exact) mass is 260 g/mol. The van der Waals surface area contributed by atoms with Gasteiger partial charge in [-0.2, -0.15) is 0 Å². The minimum atomic E-state index is 0.0992. The van der Waals surface area contributed by atoms with Crippen LogP contribution >= 0.6 is 0 Å². The van der Waals surface area contributed by atoms with Crippen molar-refractivity contribution in [1.29, 1.82) is 0 Å². The summed E-state index contributed by atoms with van der Waals surface area (Å²) in [6.07, 6.45) is 7.78. The van der Waals surface area contributed by atoms with Gasteiger partial charge in [-0.1, -0.05) is 38.1 Å². The normalized spacial score (nSPS) is 26.6. The summed E-state index contributed by atoms with van der Waals surface area (Å²) in [7, 11) is 1.69. The van der Waals surface area contributed by atoms with Crippen molar-refractivity contribution in [2.24, 2.45) is 5.92 Å². The number of phenolic OH excluding ortho intramolecular Hbond substituents is 1. The molecule has 2 rings (SSSR count). The molecule has 1 unspecified atom stereocenters. The summed E-state index contributed by atoms with van der Waals surface area (Å²) in [5.41, 5.74) is 2.37. The molecule has 2 atom stereocenters. The van der Waals surface area contributed by atoms with E-state index in [1.165, 1.54) is 18.4 Å². The van der Waals surface area contributed by atoms with E-state index in [-0.39, 0.29) is 5.41 Å². The maximum atomic E-state index is 9.91. The summed E-state index contributed by atoms with van der Waals surface area (Å²) in [4.78, 5) is 0. The number of rotatable bonds is 4. The van der Waals surface area contributed by atoms with E-state index in [0.29, 0.717) is 18.3 Å². The quantitative estimate of drug-likeness (QED) is 0.834. The summed E-state index contributed by atoms with van der Waals surface area (Å²) in [5.74, 6) is 1.05. The Morgan fingerprint density at radius 3 is 2.84 bits per heavy atom. The predicted molar refractivity (Wildman–Crippen MR) is 78.6 cm³/mol. The van der Waals surface area contributed by atoms with Crippen LogP contribution < -0.4 is 0 Å². The molecule has 1 N–H and O–H groups in total. The third-order valence-corrected chi connectivity index (χ3v) is 4.23. The minimum Gasteiger partial charge on any atom is -0.508 e. The van der Waals surface area contributed by atoms with Crippen molar-refractivity contribution in [3.05, 3.63) is 41.5 Å². The molecular weight excluding hydrogens is 236 g/mol. The maximum Gasteiger partial charge on any atom is 0.118 e. The lowest BCUT2D eigenvalue weighted by molar-refractivity contribution is 0.201. The molecule has 0 spiro atoms. The first-order valence-electron chi connectivity index (χ1n) is 7.06. The molecule has 1 aromatic rings. The van der Waals surface area contributed by atoms with Crippen LogP contribution in [0.15, 0.2) is 30.4 Å². The van der Waals surface area contributed by atoms with E-state index in [0.717, 1.165) is 12.0 Å². The molecule has 0 saturated carbocycles. The molecule has 0 bridgehead atoms. The summed E-state index contributed by atoms with van der Waals surface area (Å²) in [6.45, 7) is 5.18. The fourth-order valence-electron chi connectivity index (χ4n) is 2.68. The smallest absolute Gasteiger partial charge is 0.118 e. The van der Waals surface area contributed by atoms with Crippen molar-refractivity contribution in [2.45, 2.75) is 38.5 Å². The van der Waals surface area contributed by atoms with Gasteiger partial charge in [0.2, 0.25) is 0 Å². The van der Waals surface area contributed by atoms with Crippen molar-refractivity contribution in [2.75, 3.05) is 13.7 Å². The molecule has 0 saturated heterocycles. The van der Waals surface area contributed by atoms with Crippen LogP contribution in [0.2, 0.25) is 0 Å². The molecule has 1 aromatic carbocycles. The topological polar surface area (TPSA) is 29.5 Å². The van der Waals surface area contributed by atoms with Gasteiger partial charge >= 0.3 is 0 Å². The minimum absolute atomic E-state index is 0.0992. The highest BCUT2D eigenvalue weighted by Crippen LogP contribution is 2.37. The number of aromatic hydroxyl groups is 1. The number of benzene rings is 1. The van der Waals surface area contributed by atoms with Crippen LogP contribution in [0.1, 0.15) is 37.8 Å². The number of methoxy groups -OCH3 is 1. The Balaban J connectivity index is 2.27. The first-order valence-corrected chi connectivity index (χ1v) is 7.06. The Hall–Kier alpha value is -1.28. The van der Waals surface area contributed by atoms with Crippen LogP contribution in [0, 0.1) is 5.92 Å². The standard InChI is InChI=1S/C17H24O2/c1-13-6-9-17(2,10-7-13)15-4-5-16(18)14(12-15)8-11-19-3/h4-6,9,12-13,18H,7-8,10-11H2,1-3H3/t13?,17-/m1/s1. The van der Waals surface area contributed by atoms with E-state index in [9.17, 15) is 5.11 Å². The zero-order valence-electron chi connectivity index (χ0n) is 12.1. The van der Waals surface area contributed by atoms with Gasteiger partial charge in [0, 0.05) is 12.5 Å². The Kier molecular flexibility index (Phi) is 4.31. The number of ether oxygens (including phenoxy) is 1. The van der Waals surface area contributed by atoms with Crippen LogP contribution in [0.5, 0.6) is 5.75 Å². The van der Waals surface area contributed by atoms with Gasteiger partial charge in [0.25, 0.3) is 0 Å². The second kappa shape index (κ2) is 5.79. The van der Waals surface area contributed by atoms with Gasteiger partial charge in [-0.15, -0.1) is 0 Å². The first kappa shape index (κ1) is 14.1. The zero-order chi connectivity index (χ0) is 13.9. The van der Waals surface area contributed by atoms with Gasteiger partial charge in [-0.3, -0.25) is 0 Å². The molecule has 1 aliphatic rings. The summed E-state index contributed by atoms with van der Waals surface area (Å²) in [6, 6.07) is 6.00. The van der Waals surface area contributed by atoms with Gasteiger partial charge in [0.1, 0.15) is 5.75 Å². The lowest BCUT2D eigenvalue weighted by atomic mass is 9.72. The second-order valence-electron chi connectivity index (χ2n) is 5.88. The van der Waals surface area contributed by atoms with E-state index in [1.807, 2.05) is 12.1 Å². The highest BCUT2D eigenvalue weighted by atomic mass is 16.5. The fourth-order valence-corrected chi connectivity index (χ4v) is 2.68. The highest BCUT2D eigenvalue weighted by molar-refractivity contribution is 5.41. The van der Waals surface area contributed by atoms with E-state index >= 15 is 0 Å². The molecule has 0 fully saturated rings. The molecule has 0 aliphatic heterocycles. The van der Waals surface area contributed by atoms with E-state index in [4.69, 9.17) is 4.74 Å². The molecule has 2 nitrogen and oxygen atoms in total. The number of hydrogen-bond donors (Lipinski definition) is 1. The van der Waals surface area contributed by atoms with Gasteiger partial charge in [0.05, 0.1) is 6.61 Å². The molecule has 1 aliphatic carbocycles. The van der Waals surface area contributed by atoms with Crippen LogP contribution in [0.4, 0.5) is 0 Å². The van der Waals surface area contributed by atoms with Crippen molar-refractivity contribution in [3.8, 4) is 5.75 Å². The molecular formula is C17H24O2. The zero-order valence-corrected chi connectivity index (χ0v) is 12.1. The third kappa shape index (κ3) is 3.19. The lowest BCUT2D eigenvalue weighted by Gasteiger charge is -2.32. The fraction of sp³-hybridized carbons (Fsp3) is 0.529. The average Bonchev–Trinajstić information content (AvgIpc) is 2.41. The second-order valence-corrected chi connectivity index (χ2v) is 5.88. The van der Waals surface area contributed by atoms with E-state index in [2.05, 4.69) is 32.1 Å². The SMILES string of the molecule is COCCc1cc([C@]2(C)C=CC(C)CC2)ccc1O. The van der Waals surface area contributed by atoms with Crippen LogP contribution in [0.3, 0.4) is 0 Å². The van der Waals surface area contributed by atoms with Crippen molar-refractivity contribution in [3.63, 3.8) is 0 Å². The maximum absolute atomic E-state index is 9.91. The van der Waals surface area contributed by atoms with Gasteiger partial charge < -0.3 is 9.84 Å². The van der Waals surface area contributed by atoms with Crippen molar-refractivity contribution in [1.82, 2.24) is 0 Å². The largest absolute Gasteiger partial charge is 0.508 e. The van der Waals surface area contributed by atoms with Gasteiger partial charge in [-0.05, 0) is 42.4 Å². The third-order valence-electron chi connectivity index (χ3n) is 4.23. The Morgan fingerprint density at radius 1 is 1.42 bits per heavy atom. The predicted octanol–water partition coefficient (Wildman–Crippen LogP) is 3.82. The molecule has 2 heteroatoms. The molecule has 104 valence electrons. The molecule has 0 aromatic heterocycles. The first-order chi connectivity index (χ1) is 9.05. The number of hydrogen-bond acceptors (Lipinski definition) is 2. The van der Waals surface area contributed by atoms with Gasteiger partial charge in [-0.25, -0.2) is 0 Å². The molecule has 19 heavy (non-hydrogen) atoms. The average molecular weight is 260 g/mol. The lowest BCUT2D eigenvalue weighted by Crippen LogP contribution is -2.23. The van der Waals surface area contributed by atoms with E-state index in [1.54, 1.807) is 7.11 Å². The molecule has 0 radical (unpaired) electrons. The van der Waals surface area contributed by atoms with E-state index < -0.39 is 0 Å². The van der Waals surface area contributed by atoms with Crippen LogP contribution in [-0.2, 0) is 16.6 Å². The Labute approximate surface area is 116 Å². The van der Waals surface area contributed by atoms with Gasteiger partial charge in [0.15, 0.2) is 0 Å². The van der Waals surface area contributed by atoms with Crippen molar-refractivity contribution >= 4 is 0 Å². The highest BCUT2D eigenvalue weighted by Gasteiger charge is 2.27. The summed E-state index contributed by atoms with van der Waals surface area (Å²) < 4.78 is 5.10. The van der Waals surface area contributed by atoms with Crippen LogP contribution in [-0.4, -0.2) is 18.8 Å². The summed E-state index contributed by atoms with van der Waals surface area (Å²) >= 11 is 0. The summed E-state index contributed by atoms with van der Waals surface area (Å²) in [5, 5.41) is 9.91. The van der Waals surface area contributed by atoms with Crippen molar-refractivity contribution < 1.29 is 9.84 Å². The molecule has 0 heterocycles. The molecule has 0 amide bonds. The van der Waals surface area contributed by atoms with Crippen LogP contribution in [0.25, 0.3) is 0 Å². The number of phenols is 1. The number of allylic oxidation sites excluding steroid dienone is 2. The Bertz CT molecular complexity index is 464. The Morgan fingerprint density at radius 2 is 2.21 bits per heavy atom.